The van der Waals surface area contributed by atoms with Gasteiger partial charge in [0.15, 0.2) is 6.61 Å². The first-order chi connectivity index (χ1) is 11.8. The van der Waals surface area contributed by atoms with Crippen molar-refractivity contribution >= 4 is 17.7 Å². The van der Waals surface area contributed by atoms with Gasteiger partial charge in [-0.05, 0) is 25.0 Å². The second kappa shape index (κ2) is 10.4. The fourth-order valence-electron chi connectivity index (χ4n) is 1.88. The number of halogens is 3. The molecule has 6 nitrogen and oxygen atoms in total. The highest BCUT2D eigenvalue weighted by Gasteiger charge is 2.28. The zero-order chi connectivity index (χ0) is 18.7. The van der Waals surface area contributed by atoms with Gasteiger partial charge in [-0.3, -0.25) is 4.79 Å². The molecule has 9 heteroatoms. The standard InChI is InChI=1S/C16H21F3N2O4/c1-24-14(22)8-3-2-4-9-20-15(23)21-12-6-5-7-13(10-12)25-11-16(17,18)19/h5-7,10H,2-4,8-9,11H2,1H3,(H2,20,21,23). The smallest absolute Gasteiger partial charge is 0.422 e. The maximum absolute atomic E-state index is 12.1. The molecule has 2 N–H and O–H groups in total. The molecular formula is C16H21F3N2O4. The van der Waals surface area contributed by atoms with Crippen molar-refractivity contribution in [2.24, 2.45) is 0 Å². The molecule has 0 saturated heterocycles. The molecule has 1 aromatic rings. The Bertz CT molecular complexity index is 565. The van der Waals surface area contributed by atoms with Crippen molar-refractivity contribution in [1.82, 2.24) is 5.32 Å². The lowest BCUT2D eigenvalue weighted by Gasteiger charge is -2.11. The maximum Gasteiger partial charge on any atom is 0.422 e. The molecule has 0 bridgehead atoms. The van der Waals surface area contributed by atoms with E-state index in [4.69, 9.17) is 0 Å². The minimum atomic E-state index is -4.42. The number of amides is 2. The van der Waals surface area contributed by atoms with E-state index in [1.165, 1.54) is 31.4 Å². The van der Waals surface area contributed by atoms with E-state index < -0.39 is 18.8 Å². The van der Waals surface area contributed by atoms with E-state index in [2.05, 4.69) is 20.1 Å². The molecule has 0 atom stereocenters. The predicted molar refractivity (Wildman–Crippen MR) is 85.5 cm³/mol. The van der Waals surface area contributed by atoms with Gasteiger partial charge in [0.25, 0.3) is 0 Å². The molecule has 1 aromatic carbocycles. The number of carbonyl (C=O) groups excluding carboxylic acids is 2. The van der Waals surface area contributed by atoms with Gasteiger partial charge in [-0.1, -0.05) is 12.5 Å². The van der Waals surface area contributed by atoms with Crippen molar-refractivity contribution in [3.63, 3.8) is 0 Å². The van der Waals surface area contributed by atoms with Crippen molar-refractivity contribution < 1.29 is 32.2 Å². The average Bonchev–Trinajstić information content (AvgIpc) is 2.55. The van der Waals surface area contributed by atoms with Crippen molar-refractivity contribution in [3.8, 4) is 5.75 Å². The number of methoxy groups -OCH3 is 1. The zero-order valence-corrected chi connectivity index (χ0v) is 13.8. The van der Waals surface area contributed by atoms with E-state index in [9.17, 15) is 22.8 Å². The summed E-state index contributed by atoms with van der Waals surface area (Å²) in [6, 6.07) is 5.23. The summed E-state index contributed by atoms with van der Waals surface area (Å²) in [7, 11) is 1.33. The number of esters is 1. The minimum absolute atomic E-state index is 0.0120. The summed E-state index contributed by atoms with van der Waals surface area (Å²) >= 11 is 0. The number of ether oxygens (including phenoxy) is 2. The molecule has 0 aromatic heterocycles. The second-order valence-corrected chi connectivity index (χ2v) is 5.20. The largest absolute Gasteiger partial charge is 0.484 e. The van der Waals surface area contributed by atoms with Gasteiger partial charge in [0.1, 0.15) is 5.75 Å². The molecule has 0 aliphatic heterocycles. The molecule has 1 rings (SSSR count). The summed E-state index contributed by atoms with van der Waals surface area (Å²) in [4.78, 5) is 22.6. The Morgan fingerprint density at radius 3 is 2.60 bits per heavy atom. The van der Waals surface area contributed by atoms with Crippen molar-refractivity contribution in [2.75, 3.05) is 25.6 Å². The van der Waals surface area contributed by atoms with Crippen LogP contribution in [0.2, 0.25) is 0 Å². The van der Waals surface area contributed by atoms with E-state index in [0.717, 1.165) is 6.42 Å². The Morgan fingerprint density at radius 1 is 1.16 bits per heavy atom. The van der Waals surface area contributed by atoms with E-state index in [1.807, 2.05) is 0 Å². The molecule has 140 valence electrons. The van der Waals surface area contributed by atoms with Gasteiger partial charge in [0.2, 0.25) is 0 Å². The third-order valence-electron chi connectivity index (χ3n) is 3.07. The van der Waals surface area contributed by atoms with E-state index in [1.54, 1.807) is 0 Å². The van der Waals surface area contributed by atoms with Crippen molar-refractivity contribution in [2.45, 2.75) is 31.9 Å². The molecule has 0 spiro atoms. The fourth-order valence-corrected chi connectivity index (χ4v) is 1.88. The fraction of sp³-hybridized carbons (Fsp3) is 0.500. The van der Waals surface area contributed by atoms with Crippen LogP contribution in [0, 0.1) is 0 Å². The lowest BCUT2D eigenvalue weighted by molar-refractivity contribution is -0.153. The van der Waals surface area contributed by atoms with Gasteiger partial charge in [-0.2, -0.15) is 13.2 Å². The summed E-state index contributed by atoms with van der Waals surface area (Å²) in [6.07, 6.45) is -1.95. The van der Waals surface area contributed by atoms with Gasteiger partial charge in [-0.15, -0.1) is 0 Å². The third kappa shape index (κ3) is 10.1. The lowest BCUT2D eigenvalue weighted by atomic mass is 10.2. The number of benzene rings is 1. The first-order valence-corrected chi connectivity index (χ1v) is 7.71. The van der Waals surface area contributed by atoms with Gasteiger partial charge in [0, 0.05) is 24.7 Å². The number of hydrogen-bond donors (Lipinski definition) is 2. The predicted octanol–water partition coefficient (Wildman–Crippen LogP) is 3.48. The number of alkyl halides is 3. The summed E-state index contributed by atoms with van der Waals surface area (Å²) in [6.45, 7) is -0.981. The quantitative estimate of drug-likeness (QED) is 0.521. The van der Waals surface area contributed by atoms with Crippen LogP contribution >= 0.6 is 0 Å². The van der Waals surface area contributed by atoms with Crippen molar-refractivity contribution in [1.29, 1.82) is 0 Å². The number of unbranched alkanes of at least 4 members (excludes halogenated alkanes) is 2. The number of nitrogens with one attached hydrogen (secondary N) is 2. The summed E-state index contributed by atoms with van der Waals surface area (Å²) < 4.78 is 45.5. The number of carbonyl (C=O) groups is 2. The normalized spacial score (nSPS) is 10.9. The molecule has 0 fully saturated rings. The zero-order valence-electron chi connectivity index (χ0n) is 13.8. The summed E-state index contributed by atoms with van der Waals surface area (Å²) in [5.41, 5.74) is 0.322. The number of rotatable bonds is 9. The molecule has 0 unspecified atom stereocenters. The maximum atomic E-state index is 12.1. The first-order valence-electron chi connectivity index (χ1n) is 7.71. The van der Waals surface area contributed by atoms with Gasteiger partial charge in [0.05, 0.1) is 7.11 Å². The first kappa shape index (κ1) is 20.6. The van der Waals surface area contributed by atoms with Crippen LogP contribution in [-0.4, -0.2) is 38.4 Å². The monoisotopic (exact) mass is 362 g/mol. The average molecular weight is 362 g/mol. The Morgan fingerprint density at radius 2 is 1.92 bits per heavy atom. The minimum Gasteiger partial charge on any atom is -0.484 e. The molecule has 0 heterocycles. The second-order valence-electron chi connectivity index (χ2n) is 5.20. The van der Waals surface area contributed by atoms with Crippen LogP contribution in [0.3, 0.4) is 0 Å². The highest BCUT2D eigenvalue weighted by molar-refractivity contribution is 5.89. The molecule has 2 amide bonds. The highest BCUT2D eigenvalue weighted by atomic mass is 19.4. The Labute approximate surface area is 143 Å². The SMILES string of the molecule is COC(=O)CCCCCNC(=O)Nc1cccc(OCC(F)(F)F)c1. The van der Waals surface area contributed by atoms with Crippen LogP contribution in [-0.2, 0) is 9.53 Å². The summed E-state index contributed by atoms with van der Waals surface area (Å²) in [5.74, 6) is -0.253. The highest BCUT2D eigenvalue weighted by Crippen LogP contribution is 2.21. The van der Waals surface area contributed by atoms with Crippen LogP contribution in [0.15, 0.2) is 24.3 Å². The molecule has 0 aliphatic rings. The Kier molecular flexibility index (Phi) is 8.59. The number of urea groups is 1. The van der Waals surface area contributed by atoms with Gasteiger partial charge in [-0.25, -0.2) is 4.79 Å². The third-order valence-corrected chi connectivity index (χ3v) is 3.07. The van der Waals surface area contributed by atoms with E-state index in [0.29, 0.717) is 31.5 Å². The number of hydrogen-bond acceptors (Lipinski definition) is 4. The number of anilines is 1. The van der Waals surface area contributed by atoms with Crippen molar-refractivity contribution in [3.05, 3.63) is 24.3 Å². The molecule has 0 aliphatic carbocycles. The Balaban J connectivity index is 2.27. The van der Waals surface area contributed by atoms with Crippen LogP contribution in [0.5, 0.6) is 5.75 Å². The van der Waals surface area contributed by atoms with Crippen LogP contribution in [0.25, 0.3) is 0 Å². The molecule has 25 heavy (non-hydrogen) atoms. The van der Waals surface area contributed by atoms with Gasteiger partial charge >= 0.3 is 18.2 Å². The Hall–Kier alpha value is -2.45. The van der Waals surface area contributed by atoms with Gasteiger partial charge < -0.3 is 20.1 Å². The summed E-state index contributed by atoms with van der Waals surface area (Å²) in [5, 5.41) is 5.13. The molecular weight excluding hydrogens is 341 g/mol. The lowest BCUT2D eigenvalue weighted by Crippen LogP contribution is -2.29. The molecule has 0 saturated carbocycles. The van der Waals surface area contributed by atoms with Crippen LogP contribution in [0.4, 0.5) is 23.7 Å². The van der Waals surface area contributed by atoms with E-state index >= 15 is 0 Å². The van der Waals surface area contributed by atoms with Crippen LogP contribution < -0.4 is 15.4 Å². The van der Waals surface area contributed by atoms with E-state index in [-0.39, 0.29) is 11.7 Å². The van der Waals surface area contributed by atoms with Crippen LogP contribution in [0.1, 0.15) is 25.7 Å². The topological polar surface area (TPSA) is 76.7 Å². The molecule has 0 radical (unpaired) electrons.